The van der Waals surface area contributed by atoms with Gasteiger partial charge in [0.1, 0.15) is 6.17 Å². The lowest BCUT2D eigenvalue weighted by atomic mass is 9.97. The van der Waals surface area contributed by atoms with Crippen molar-refractivity contribution in [3.05, 3.63) is 22.4 Å². The van der Waals surface area contributed by atoms with E-state index in [2.05, 4.69) is 34.7 Å². The van der Waals surface area contributed by atoms with Gasteiger partial charge in [-0.1, -0.05) is 25.8 Å². The van der Waals surface area contributed by atoms with Gasteiger partial charge in [-0.25, -0.2) is 0 Å². The van der Waals surface area contributed by atoms with E-state index in [4.69, 9.17) is 0 Å². The van der Waals surface area contributed by atoms with Crippen molar-refractivity contribution in [2.75, 3.05) is 0 Å². The maximum Gasteiger partial charge on any atom is 0.244 e. The lowest BCUT2D eigenvalue weighted by molar-refractivity contribution is -0.135. The van der Waals surface area contributed by atoms with E-state index in [0.717, 1.165) is 18.8 Å². The third kappa shape index (κ3) is 2.15. The minimum absolute atomic E-state index is 0.117. The highest BCUT2D eigenvalue weighted by Crippen LogP contribution is 2.45. The van der Waals surface area contributed by atoms with E-state index in [0.29, 0.717) is 11.9 Å². The molecule has 2 heterocycles. The first-order chi connectivity index (χ1) is 10.2. The van der Waals surface area contributed by atoms with Gasteiger partial charge in [0.05, 0.1) is 5.54 Å². The van der Waals surface area contributed by atoms with Gasteiger partial charge in [-0.2, -0.15) is 0 Å². The van der Waals surface area contributed by atoms with Crippen LogP contribution in [0.4, 0.5) is 0 Å². The van der Waals surface area contributed by atoms with Gasteiger partial charge in [-0.05, 0) is 49.5 Å². The number of carbonyl (C=O) groups excluding carboxylic acids is 1. The van der Waals surface area contributed by atoms with Crippen molar-refractivity contribution in [1.82, 2.24) is 10.2 Å². The van der Waals surface area contributed by atoms with Crippen LogP contribution in [0.2, 0.25) is 0 Å². The fraction of sp³-hybridized carbons (Fsp3) is 0.706. The summed E-state index contributed by atoms with van der Waals surface area (Å²) >= 11 is 1.77. The summed E-state index contributed by atoms with van der Waals surface area (Å²) < 4.78 is 0. The number of rotatable bonds is 2. The highest BCUT2D eigenvalue weighted by molar-refractivity contribution is 7.10. The highest BCUT2D eigenvalue weighted by Gasteiger charge is 2.55. The fourth-order valence-electron chi connectivity index (χ4n) is 4.56. The second kappa shape index (κ2) is 5.10. The van der Waals surface area contributed by atoms with E-state index in [-0.39, 0.29) is 11.7 Å². The predicted octanol–water partition coefficient (Wildman–Crippen LogP) is 3.68. The lowest BCUT2D eigenvalue weighted by Gasteiger charge is -2.30. The third-order valence-electron chi connectivity index (χ3n) is 5.67. The number of carbonyl (C=O) groups is 1. The Hall–Kier alpha value is -0.870. The molecule has 1 aromatic rings. The van der Waals surface area contributed by atoms with Crippen LogP contribution in [0.1, 0.15) is 62.9 Å². The molecule has 21 heavy (non-hydrogen) atoms. The molecule has 0 bridgehead atoms. The third-order valence-corrected chi connectivity index (χ3v) is 6.59. The maximum atomic E-state index is 13.2. The Bertz CT molecular complexity index is 521. The Kier molecular flexibility index (Phi) is 3.34. The molecule has 0 aromatic carbocycles. The first-order valence-corrected chi connectivity index (χ1v) is 9.21. The summed E-state index contributed by atoms with van der Waals surface area (Å²) in [6.45, 7) is 2.32. The molecular formula is C17H24N2OS. The molecule has 3 aliphatic rings. The summed E-state index contributed by atoms with van der Waals surface area (Å²) in [5, 5.41) is 5.87. The van der Waals surface area contributed by atoms with E-state index in [1.54, 1.807) is 11.3 Å². The Balaban J connectivity index is 1.68. The van der Waals surface area contributed by atoms with E-state index >= 15 is 0 Å². The number of amides is 1. The second-order valence-electron chi connectivity index (χ2n) is 7.14. The van der Waals surface area contributed by atoms with Crippen molar-refractivity contribution in [2.24, 2.45) is 5.92 Å². The van der Waals surface area contributed by atoms with Gasteiger partial charge >= 0.3 is 0 Å². The van der Waals surface area contributed by atoms with Crippen molar-refractivity contribution in [3.63, 3.8) is 0 Å². The topological polar surface area (TPSA) is 32.3 Å². The molecule has 1 spiro atoms. The molecule has 1 aliphatic heterocycles. The van der Waals surface area contributed by atoms with Crippen molar-refractivity contribution < 1.29 is 4.79 Å². The van der Waals surface area contributed by atoms with Gasteiger partial charge in [0.15, 0.2) is 0 Å². The molecule has 3 unspecified atom stereocenters. The van der Waals surface area contributed by atoms with Crippen LogP contribution in [0.3, 0.4) is 0 Å². The minimum atomic E-state index is -0.250. The van der Waals surface area contributed by atoms with Crippen LogP contribution in [-0.4, -0.2) is 22.4 Å². The molecule has 3 fully saturated rings. The molecule has 114 valence electrons. The fourth-order valence-corrected chi connectivity index (χ4v) is 5.33. The van der Waals surface area contributed by atoms with E-state index in [1.165, 1.54) is 37.0 Å². The van der Waals surface area contributed by atoms with Crippen molar-refractivity contribution >= 4 is 17.2 Å². The summed E-state index contributed by atoms with van der Waals surface area (Å²) in [4.78, 5) is 16.7. The molecule has 1 saturated heterocycles. The van der Waals surface area contributed by atoms with Crippen LogP contribution < -0.4 is 5.32 Å². The number of thiophene rings is 1. The monoisotopic (exact) mass is 304 g/mol. The Morgan fingerprint density at radius 3 is 2.76 bits per heavy atom. The number of hydrogen-bond donors (Lipinski definition) is 1. The zero-order valence-electron chi connectivity index (χ0n) is 12.7. The van der Waals surface area contributed by atoms with Gasteiger partial charge in [-0.3, -0.25) is 10.1 Å². The van der Waals surface area contributed by atoms with Crippen molar-refractivity contribution in [2.45, 2.75) is 69.6 Å². The molecule has 2 saturated carbocycles. The molecule has 1 N–H and O–H groups in total. The summed E-state index contributed by atoms with van der Waals surface area (Å²) in [6, 6.07) is 4.71. The van der Waals surface area contributed by atoms with Gasteiger partial charge in [0.25, 0.3) is 0 Å². The average Bonchev–Trinajstić information content (AvgIpc) is 3.22. The molecule has 4 rings (SSSR count). The minimum Gasteiger partial charge on any atom is -0.317 e. The molecule has 2 aliphatic carbocycles. The zero-order valence-corrected chi connectivity index (χ0v) is 13.5. The molecule has 0 radical (unpaired) electrons. The molecule has 4 heteroatoms. The van der Waals surface area contributed by atoms with Gasteiger partial charge in [0, 0.05) is 10.9 Å². The highest BCUT2D eigenvalue weighted by atomic mass is 32.1. The smallest absolute Gasteiger partial charge is 0.244 e. The molecule has 3 nitrogen and oxygen atoms in total. The molecule has 1 amide bonds. The number of hydrogen-bond acceptors (Lipinski definition) is 3. The quantitative estimate of drug-likeness (QED) is 0.904. The Morgan fingerprint density at radius 1 is 1.33 bits per heavy atom. The molecule has 1 aromatic heterocycles. The zero-order chi connectivity index (χ0) is 14.4. The van der Waals surface area contributed by atoms with Crippen LogP contribution in [-0.2, 0) is 4.79 Å². The summed E-state index contributed by atoms with van der Waals surface area (Å²) in [5.74, 6) is 1.14. The van der Waals surface area contributed by atoms with Crippen molar-refractivity contribution in [3.8, 4) is 0 Å². The maximum absolute atomic E-state index is 13.2. The standard InChI is InChI=1S/C17H24N2OS/c1-12-6-7-13(11-12)19-15(14-5-4-10-21-14)18-17(16(19)20)8-2-3-9-17/h4-5,10,12-13,15,18H,2-3,6-9,11H2,1H3. The lowest BCUT2D eigenvalue weighted by Crippen LogP contribution is -2.45. The summed E-state index contributed by atoms with van der Waals surface area (Å²) in [7, 11) is 0. The van der Waals surface area contributed by atoms with E-state index < -0.39 is 0 Å². The van der Waals surface area contributed by atoms with E-state index in [1.807, 2.05) is 0 Å². The predicted molar refractivity (Wildman–Crippen MR) is 85.0 cm³/mol. The first kappa shape index (κ1) is 13.8. The SMILES string of the molecule is CC1CCC(N2C(=O)C3(CCCC3)NC2c2cccs2)C1. The largest absolute Gasteiger partial charge is 0.317 e. The van der Waals surface area contributed by atoms with Crippen molar-refractivity contribution in [1.29, 1.82) is 0 Å². The number of nitrogens with zero attached hydrogens (tertiary/aromatic N) is 1. The average molecular weight is 304 g/mol. The van der Waals surface area contributed by atoms with Gasteiger partial charge in [0.2, 0.25) is 5.91 Å². The molecule has 3 atom stereocenters. The Labute approximate surface area is 130 Å². The van der Waals surface area contributed by atoms with Crippen LogP contribution >= 0.6 is 11.3 Å². The summed E-state index contributed by atoms with van der Waals surface area (Å²) in [5.41, 5.74) is -0.250. The molecular weight excluding hydrogens is 280 g/mol. The Morgan fingerprint density at radius 2 is 2.14 bits per heavy atom. The van der Waals surface area contributed by atoms with E-state index in [9.17, 15) is 4.79 Å². The van der Waals surface area contributed by atoms with Gasteiger partial charge < -0.3 is 4.90 Å². The van der Waals surface area contributed by atoms with Crippen LogP contribution in [0.25, 0.3) is 0 Å². The summed E-state index contributed by atoms with van der Waals surface area (Å²) in [6.07, 6.45) is 8.14. The number of nitrogens with one attached hydrogen (secondary N) is 1. The first-order valence-electron chi connectivity index (χ1n) is 8.33. The normalized spacial score (nSPS) is 35.2. The van der Waals surface area contributed by atoms with Crippen LogP contribution in [0.5, 0.6) is 0 Å². The second-order valence-corrected chi connectivity index (χ2v) is 8.12. The van der Waals surface area contributed by atoms with Crippen LogP contribution in [0.15, 0.2) is 17.5 Å². The van der Waals surface area contributed by atoms with Crippen LogP contribution in [0, 0.1) is 5.92 Å². The van der Waals surface area contributed by atoms with Gasteiger partial charge in [-0.15, -0.1) is 11.3 Å².